The lowest BCUT2D eigenvalue weighted by Crippen LogP contribution is -2.31. The van der Waals surface area contributed by atoms with Crippen molar-refractivity contribution in [3.8, 4) is 0 Å². The maximum atomic E-state index is 12.2. The fraction of sp³-hybridized carbons (Fsp3) is 0.583. The number of hydrogen-bond donors (Lipinski definition) is 1. The van der Waals surface area contributed by atoms with Gasteiger partial charge in [0.15, 0.2) is 0 Å². The molecule has 1 aromatic rings. The van der Waals surface area contributed by atoms with Gasteiger partial charge in [-0.2, -0.15) is 0 Å². The van der Waals surface area contributed by atoms with E-state index in [9.17, 15) is 4.79 Å². The minimum absolute atomic E-state index is 0.141. The van der Waals surface area contributed by atoms with Crippen molar-refractivity contribution in [1.82, 2.24) is 9.47 Å². The number of aryl methyl sites for hydroxylation is 1. The van der Waals surface area contributed by atoms with Crippen LogP contribution in [0.25, 0.3) is 0 Å². The van der Waals surface area contributed by atoms with E-state index in [1.54, 1.807) is 0 Å². The number of likely N-dealkylation sites (tertiary alicyclic amines) is 1. The van der Waals surface area contributed by atoms with Crippen molar-refractivity contribution in [2.45, 2.75) is 19.9 Å². The van der Waals surface area contributed by atoms with Crippen molar-refractivity contribution in [1.29, 1.82) is 0 Å². The lowest BCUT2D eigenvalue weighted by atomic mass is 10.1. The van der Waals surface area contributed by atoms with Gasteiger partial charge in [-0.25, -0.2) is 0 Å². The van der Waals surface area contributed by atoms with Crippen molar-refractivity contribution >= 4 is 5.91 Å². The lowest BCUT2D eigenvalue weighted by Gasteiger charge is -2.17. The Morgan fingerprint density at radius 3 is 3.06 bits per heavy atom. The van der Waals surface area contributed by atoms with Gasteiger partial charge in [0.2, 0.25) is 0 Å². The predicted octanol–water partition coefficient (Wildman–Crippen LogP) is 0.929. The summed E-state index contributed by atoms with van der Waals surface area (Å²) in [4.78, 5) is 14.1. The molecule has 4 nitrogen and oxygen atoms in total. The maximum absolute atomic E-state index is 12.2. The molecule has 1 unspecified atom stereocenters. The molecule has 1 amide bonds. The molecule has 0 saturated carbocycles. The van der Waals surface area contributed by atoms with E-state index in [-0.39, 0.29) is 5.91 Å². The molecule has 2 N–H and O–H groups in total. The van der Waals surface area contributed by atoms with E-state index in [2.05, 4.69) is 0 Å². The van der Waals surface area contributed by atoms with E-state index >= 15 is 0 Å². The number of carbonyl (C=O) groups excluding carboxylic acids is 1. The quantitative estimate of drug-likeness (QED) is 0.825. The van der Waals surface area contributed by atoms with Crippen molar-refractivity contribution in [2.24, 2.45) is 11.7 Å². The van der Waals surface area contributed by atoms with Crippen LogP contribution in [0.5, 0.6) is 0 Å². The molecule has 1 atom stereocenters. The van der Waals surface area contributed by atoms with Crippen LogP contribution < -0.4 is 5.73 Å². The topological polar surface area (TPSA) is 51.3 Å². The first-order chi connectivity index (χ1) is 7.76. The minimum Gasteiger partial charge on any atom is -0.344 e. The number of amides is 1. The van der Waals surface area contributed by atoms with E-state index in [0.717, 1.165) is 31.7 Å². The number of nitrogens with two attached hydrogens (primary N) is 1. The highest BCUT2D eigenvalue weighted by atomic mass is 16.2. The summed E-state index contributed by atoms with van der Waals surface area (Å²) < 4.78 is 1.98. The van der Waals surface area contributed by atoms with Gasteiger partial charge in [-0.3, -0.25) is 4.79 Å². The molecule has 0 spiro atoms. The van der Waals surface area contributed by atoms with Crippen molar-refractivity contribution < 1.29 is 4.79 Å². The molecule has 0 bridgehead atoms. The maximum Gasteiger partial charge on any atom is 0.270 e. The smallest absolute Gasteiger partial charge is 0.270 e. The molecule has 1 saturated heterocycles. The van der Waals surface area contributed by atoms with Crippen LogP contribution in [-0.4, -0.2) is 35.0 Å². The van der Waals surface area contributed by atoms with Crippen LogP contribution >= 0.6 is 0 Å². The van der Waals surface area contributed by atoms with E-state index < -0.39 is 0 Å². The second kappa shape index (κ2) is 4.70. The Morgan fingerprint density at radius 2 is 2.44 bits per heavy atom. The zero-order chi connectivity index (χ0) is 11.5. The predicted molar refractivity (Wildman–Crippen MR) is 63.2 cm³/mol. The van der Waals surface area contributed by atoms with E-state index in [1.807, 2.05) is 34.7 Å². The van der Waals surface area contributed by atoms with Crippen LogP contribution in [0.15, 0.2) is 18.3 Å². The van der Waals surface area contributed by atoms with Gasteiger partial charge in [-0.15, -0.1) is 0 Å². The first kappa shape index (κ1) is 11.2. The molecule has 2 heterocycles. The van der Waals surface area contributed by atoms with Gasteiger partial charge >= 0.3 is 0 Å². The van der Waals surface area contributed by atoms with E-state index in [1.165, 1.54) is 0 Å². The fourth-order valence-electron chi connectivity index (χ4n) is 2.26. The summed E-state index contributed by atoms with van der Waals surface area (Å²) in [6, 6.07) is 3.81. The summed E-state index contributed by atoms with van der Waals surface area (Å²) in [7, 11) is 0. The average molecular weight is 221 g/mol. The monoisotopic (exact) mass is 221 g/mol. The number of rotatable bonds is 3. The van der Waals surface area contributed by atoms with Gasteiger partial charge in [-0.1, -0.05) is 0 Å². The second-order valence-electron chi connectivity index (χ2n) is 4.32. The molecule has 1 aliphatic heterocycles. The van der Waals surface area contributed by atoms with Crippen LogP contribution in [0.3, 0.4) is 0 Å². The van der Waals surface area contributed by atoms with Gasteiger partial charge in [-0.05, 0) is 37.9 Å². The molecule has 0 aromatic carbocycles. The van der Waals surface area contributed by atoms with Crippen LogP contribution in [-0.2, 0) is 6.54 Å². The van der Waals surface area contributed by atoms with Crippen molar-refractivity contribution in [3.05, 3.63) is 24.0 Å². The van der Waals surface area contributed by atoms with Gasteiger partial charge in [0.05, 0.1) is 0 Å². The highest BCUT2D eigenvalue weighted by Gasteiger charge is 2.27. The van der Waals surface area contributed by atoms with Gasteiger partial charge < -0.3 is 15.2 Å². The first-order valence-corrected chi connectivity index (χ1v) is 5.90. The highest BCUT2D eigenvalue weighted by molar-refractivity contribution is 5.93. The van der Waals surface area contributed by atoms with E-state index in [0.29, 0.717) is 12.5 Å². The Hall–Kier alpha value is -1.29. The Morgan fingerprint density at radius 1 is 1.62 bits per heavy atom. The number of aromatic nitrogens is 1. The molecule has 16 heavy (non-hydrogen) atoms. The van der Waals surface area contributed by atoms with Crippen molar-refractivity contribution in [2.75, 3.05) is 19.6 Å². The molecular formula is C12H19N3O. The highest BCUT2D eigenvalue weighted by Crippen LogP contribution is 2.18. The van der Waals surface area contributed by atoms with E-state index in [4.69, 9.17) is 5.73 Å². The van der Waals surface area contributed by atoms with Crippen LogP contribution in [0.4, 0.5) is 0 Å². The molecule has 0 radical (unpaired) electrons. The Bertz CT molecular complexity index is 372. The van der Waals surface area contributed by atoms with Crippen LogP contribution in [0.2, 0.25) is 0 Å². The van der Waals surface area contributed by atoms with Crippen LogP contribution in [0, 0.1) is 5.92 Å². The van der Waals surface area contributed by atoms with Crippen LogP contribution in [0.1, 0.15) is 23.8 Å². The third kappa shape index (κ3) is 1.97. The number of hydrogen-bond acceptors (Lipinski definition) is 2. The molecular weight excluding hydrogens is 202 g/mol. The molecule has 4 heteroatoms. The number of carbonyl (C=O) groups is 1. The summed E-state index contributed by atoms with van der Waals surface area (Å²) in [6.07, 6.45) is 2.98. The zero-order valence-corrected chi connectivity index (χ0v) is 9.72. The molecule has 1 fully saturated rings. The van der Waals surface area contributed by atoms with Gasteiger partial charge in [0, 0.05) is 25.8 Å². The fourth-order valence-corrected chi connectivity index (χ4v) is 2.26. The summed E-state index contributed by atoms with van der Waals surface area (Å²) in [5.41, 5.74) is 6.42. The van der Waals surface area contributed by atoms with Gasteiger partial charge in [0.1, 0.15) is 5.69 Å². The van der Waals surface area contributed by atoms with Gasteiger partial charge in [0.25, 0.3) is 5.91 Å². The normalized spacial score (nSPS) is 20.4. The average Bonchev–Trinajstić information content (AvgIpc) is 2.96. The molecule has 2 rings (SSSR count). The Balaban J connectivity index is 2.08. The minimum atomic E-state index is 0.141. The summed E-state index contributed by atoms with van der Waals surface area (Å²) in [5.74, 6) is 0.622. The molecule has 1 aliphatic rings. The summed E-state index contributed by atoms with van der Waals surface area (Å²) in [5, 5.41) is 0. The molecule has 0 aliphatic carbocycles. The zero-order valence-electron chi connectivity index (χ0n) is 9.72. The summed E-state index contributed by atoms with van der Waals surface area (Å²) >= 11 is 0. The standard InChI is InChI=1S/C12H19N3O/c1-2-14-6-3-4-11(14)12(16)15-7-5-10(8-13)9-15/h3-4,6,10H,2,5,7-9,13H2,1H3. The molecule has 88 valence electrons. The second-order valence-corrected chi connectivity index (χ2v) is 4.32. The third-order valence-corrected chi connectivity index (χ3v) is 3.30. The SMILES string of the molecule is CCn1cccc1C(=O)N1CCC(CN)C1. The van der Waals surface area contributed by atoms with Crippen molar-refractivity contribution in [3.63, 3.8) is 0 Å². The Kier molecular flexibility index (Phi) is 3.29. The molecule has 1 aromatic heterocycles. The lowest BCUT2D eigenvalue weighted by molar-refractivity contribution is 0.0777. The summed E-state index contributed by atoms with van der Waals surface area (Å²) in [6.45, 7) is 5.21. The first-order valence-electron chi connectivity index (χ1n) is 5.90. The third-order valence-electron chi connectivity index (χ3n) is 3.30. The largest absolute Gasteiger partial charge is 0.344 e. The Labute approximate surface area is 96.0 Å². The number of nitrogens with zero attached hydrogens (tertiary/aromatic N) is 2.